The maximum absolute atomic E-state index is 5.17. The zero-order valence-electron chi connectivity index (χ0n) is 7.38. The molecule has 1 atom stereocenters. The van der Waals surface area contributed by atoms with Gasteiger partial charge in [-0.25, -0.2) is 0 Å². The van der Waals surface area contributed by atoms with Gasteiger partial charge in [0.25, 0.3) is 0 Å². The summed E-state index contributed by atoms with van der Waals surface area (Å²) < 4.78 is 0.992. The lowest BCUT2D eigenvalue weighted by Crippen LogP contribution is -1.90. The van der Waals surface area contributed by atoms with Crippen LogP contribution in [0.2, 0.25) is 0 Å². The van der Waals surface area contributed by atoms with Crippen LogP contribution in [0.15, 0.2) is 24.3 Å². The molecule has 0 amide bonds. The Hall–Kier alpha value is 0.350. The molecule has 0 aliphatic heterocycles. The van der Waals surface area contributed by atoms with Crippen molar-refractivity contribution in [2.24, 2.45) is 0 Å². The Morgan fingerprint density at radius 1 is 1.58 bits per heavy atom. The zero-order chi connectivity index (χ0) is 9.40. The van der Waals surface area contributed by atoms with E-state index in [2.05, 4.69) is 28.0 Å². The van der Waals surface area contributed by atoms with Crippen molar-refractivity contribution in [3.8, 4) is 0 Å². The number of unbranched alkanes of at least 4 members (excludes halogenated alkanes) is 1. The van der Waals surface area contributed by atoms with Gasteiger partial charge in [-0.15, -0.1) is 6.58 Å². The smallest absolute Gasteiger partial charge is 0.0771 e. The average molecular weight is 218 g/mol. The lowest BCUT2D eigenvalue weighted by molar-refractivity contribution is 1.03. The highest BCUT2D eigenvalue weighted by atomic mass is 32.7. The molecule has 0 saturated carbocycles. The molecule has 0 fully saturated rings. The first-order valence-electron chi connectivity index (χ1n) is 3.97. The molecule has 0 aliphatic rings. The maximum atomic E-state index is 5.17. The van der Waals surface area contributed by atoms with Crippen LogP contribution < -0.4 is 0 Å². The molecule has 0 saturated heterocycles. The van der Waals surface area contributed by atoms with E-state index in [-0.39, 0.29) is 0 Å². The first kappa shape index (κ1) is 12.3. The number of allylic oxidation sites excluding steroid dienone is 2. The van der Waals surface area contributed by atoms with Crippen LogP contribution in [0.1, 0.15) is 26.2 Å². The number of rotatable bonds is 5. The molecule has 68 valence electrons. The topological polar surface area (TPSA) is 0 Å². The molecule has 12 heavy (non-hydrogen) atoms. The van der Waals surface area contributed by atoms with Gasteiger partial charge in [0, 0.05) is 0 Å². The first-order chi connectivity index (χ1) is 5.76. The molecular weight excluding hydrogens is 203 g/mol. The van der Waals surface area contributed by atoms with Crippen LogP contribution in [0, 0.1) is 0 Å². The fourth-order valence-electron chi connectivity index (χ4n) is 0.823. The molecule has 0 aromatic heterocycles. The molecule has 0 rings (SSSR count). The largest absolute Gasteiger partial charge is 0.103 e. The molecule has 1 unspecified atom stereocenters. The van der Waals surface area contributed by atoms with Gasteiger partial charge in [0.05, 0.1) is 4.20 Å². The molecule has 0 N–H and O–H groups in total. The van der Waals surface area contributed by atoms with E-state index < -0.39 is 0 Å². The third-order valence-corrected chi connectivity index (χ3v) is 3.76. The standard InChI is InChI=1S/C9H15PS2/c1-3-5-6-7-8(4-2)9(11)12-10/h3,7H,1,4-6,10H2,2H3/b8-7+. The zero-order valence-corrected chi connectivity index (χ0v) is 10.2. The van der Waals surface area contributed by atoms with Crippen molar-refractivity contribution < 1.29 is 0 Å². The van der Waals surface area contributed by atoms with Crippen LogP contribution in [-0.4, -0.2) is 4.20 Å². The molecule has 0 aromatic rings. The highest BCUT2D eigenvalue weighted by Crippen LogP contribution is 2.22. The highest BCUT2D eigenvalue weighted by molar-refractivity contribution is 8.56. The van der Waals surface area contributed by atoms with E-state index in [0.29, 0.717) is 0 Å². The fraction of sp³-hybridized carbons (Fsp3) is 0.444. The van der Waals surface area contributed by atoms with Crippen molar-refractivity contribution >= 4 is 36.2 Å². The van der Waals surface area contributed by atoms with Gasteiger partial charge in [-0.1, -0.05) is 51.1 Å². The van der Waals surface area contributed by atoms with Crippen molar-refractivity contribution in [2.45, 2.75) is 26.2 Å². The van der Waals surface area contributed by atoms with Crippen molar-refractivity contribution in [1.82, 2.24) is 0 Å². The normalized spacial score (nSPS) is 11.3. The minimum Gasteiger partial charge on any atom is -0.103 e. The van der Waals surface area contributed by atoms with Gasteiger partial charge < -0.3 is 0 Å². The molecule has 0 radical (unpaired) electrons. The van der Waals surface area contributed by atoms with E-state index in [1.165, 1.54) is 5.57 Å². The third kappa shape index (κ3) is 5.08. The summed E-state index contributed by atoms with van der Waals surface area (Å²) in [5, 5.41) is 0. The van der Waals surface area contributed by atoms with E-state index >= 15 is 0 Å². The van der Waals surface area contributed by atoms with E-state index in [4.69, 9.17) is 12.2 Å². The van der Waals surface area contributed by atoms with E-state index in [0.717, 1.165) is 23.5 Å². The van der Waals surface area contributed by atoms with Gasteiger partial charge in [0.15, 0.2) is 0 Å². The summed E-state index contributed by atoms with van der Waals surface area (Å²) in [6, 6.07) is 0. The van der Waals surface area contributed by atoms with Gasteiger partial charge in [0.2, 0.25) is 0 Å². The maximum Gasteiger partial charge on any atom is 0.0771 e. The van der Waals surface area contributed by atoms with Crippen molar-refractivity contribution in [1.29, 1.82) is 0 Å². The molecule has 0 aliphatic carbocycles. The Balaban J connectivity index is 4.03. The third-order valence-electron chi connectivity index (χ3n) is 1.51. The van der Waals surface area contributed by atoms with E-state index in [9.17, 15) is 0 Å². The van der Waals surface area contributed by atoms with Crippen LogP contribution in [0.4, 0.5) is 0 Å². The Bertz CT molecular complexity index is 185. The highest BCUT2D eigenvalue weighted by Gasteiger charge is 1.99. The summed E-state index contributed by atoms with van der Waals surface area (Å²) in [5.41, 5.74) is 1.28. The Kier molecular flexibility index (Phi) is 8.20. The van der Waals surface area contributed by atoms with Crippen LogP contribution in [-0.2, 0) is 0 Å². The summed E-state index contributed by atoms with van der Waals surface area (Å²) in [6.45, 7) is 5.81. The number of hydrogen-bond acceptors (Lipinski definition) is 2. The van der Waals surface area contributed by atoms with Crippen molar-refractivity contribution in [3.05, 3.63) is 24.3 Å². The lowest BCUT2D eigenvalue weighted by Gasteiger charge is -2.02. The number of thiocarbonyl (C=S) groups is 1. The molecule has 0 spiro atoms. The molecule has 0 aromatic carbocycles. The van der Waals surface area contributed by atoms with Crippen molar-refractivity contribution in [3.63, 3.8) is 0 Å². The quantitative estimate of drug-likeness (QED) is 0.224. The number of hydrogen-bond donors (Lipinski definition) is 0. The summed E-state index contributed by atoms with van der Waals surface area (Å²) in [5.74, 6) is 0. The summed E-state index contributed by atoms with van der Waals surface area (Å²) in [7, 11) is 2.58. The summed E-state index contributed by atoms with van der Waals surface area (Å²) in [4.78, 5) is 0. The molecule has 0 bridgehead atoms. The minimum absolute atomic E-state index is 0.992. The van der Waals surface area contributed by atoms with Gasteiger partial charge in [-0.3, -0.25) is 0 Å². The van der Waals surface area contributed by atoms with Crippen molar-refractivity contribution in [2.75, 3.05) is 0 Å². The predicted molar refractivity (Wildman–Crippen MR) is 67.7 cm³/mol. The molecule has 3 heteroatoms. The Labute approximate surface area is 86.8 Å². The predicted octanol–water partition coefficient (Wildman–Crippen LogP) is 4.14. The second-order valence-corrected chi connectivity index (χ2v) is 4.37. The van der Waals surface area contributed by atoms with Crippen LogP contribution in [0.5, 0.6) is 0 Å². The molecular formula is C9H15PS2. The van der Waals surface area contributed by atoms with E-state index in [1.807, 2.05) is 6.08 Å². The van der Waals surface area contributed by atoms with Gasteiger partial charge >= 0.3 is 0 Å². The first-order valence-corrected chi connectivity index (χ1v) is 6.67. The van der Waals surface area contributed by atoms with Crippen LogP contribution >= 0.6 is 32.0 Å². The minimum atomic E-state index is 0.992. The molecule has 0 nitrogen and oxygen atoms in total. The van der Waals surface area contributed by atoms with Gasteiger partial charge in [0.1, 0.15) is 0 Å². The van der Waals surface area contributed by atoms with Gasteiger partial charge in [-0.2, -0.15) is 0 Å². The SMILES string of the molecule is C=CCC/C=C(\CC)C(=S)SP. The second kappa shape index (κ2) is 7.97. The fourth-order valence-corrected chi connectivity index (χ4v) is 1.88. The van der Waals surface area contributed by atoms with Crippen LogP contribution in [0.25, 0.3) is 0 Å². The Morgan fingerprint density at radius 3 is 2.67 bits per heavy atom. The lowest BCUT2D eigenvalue weighted by atomic mass is 10.2. The summed E-state index contributed by atoms with van der Waals surface area (Å²) >= 11 is 6.74. The second-order valence-electron chi connectivity index (χ2n) is 2.35. The van der Waals surface area contributed by atoms with Gasteiger partial charge in [-0.05, 0) is 24.8 Å². The monoisotopic (exact) mass is 218 g/mol. The Morgan fingerprint density at radius 2 is 2.25 bits per heavy atom. The van der Waals surface area contributed by atoms with E-state index in [1.54, 1.807) is 11.4 Å². The van der Waals surface area contributed by atoms with Crippen LogP contribution in [0.3, 0.4) is 0 Å². The molecule has 0 heterocycles. The average Bonchev–Trinajstić information content (AvgIpc) is 2.11. The summed E-state index contributed by atoms with van der Waals surface area (Å²) in [6.07, 6.45) is 7.25.